The van der Waals surface area contributed by atoms with Crippen molar-refractivity contribution < 1.29 is 9.66 Å². The average molecular weight is 287 g/mol. The number of nitro groups is 1. The van der Waals surface area contributed by atoms with Crippen LogP contribution < -0.4 is 5.32 Å². The molecule has 0 unspecified atom stereocenters. The largest absolute Gasteiger partial charge is 0.378 e. The van der Waals surface area contributed by atoms with Crippen molar-refractivity contribution in [2.45, 2.75) is 6.04 Å². The minimum absolute atomic E-state index is 0.0422. The van der Waals surface area contributed by atoms with E-state index in [0.717, 1.165) is 12.1 Å². The molecular formula is C10H11BrN2O3. The summed E-state index contributed by atoms with van der Waals surface area (Å²) >= 11 is 3.16. The first-order valence-corrected chi connectivity index (χ1v) is 5.73. The van der Waals surface area contributed by atoms with Crippen molar-refractivity contribution in [3.63, 3.8) is 0 Å². The number of nitrogens with zero attached hydrogens (tertiary/aromatic N) is 1. The predicted molar refractivity (Wildman–Crippen MR) is 62.4 cm³/mol. The number of halogens is 1. The van der Waals surface area contributed by atoms with Gasteiger partial charge in [-0.1, -0.05) is 6.07 Å². The van der Waals surface area contributed by atoms with Crippen molar-refractivity contribution in [2.24, 2.45) is 0 Å². The van der Waals surface area contributed by atoms with Crippen molar-refractivity contribution in [1.82, 2.24) is 5.32 Å². The molecule has 1 aromatic rings. The van der Waals surface area contributed by atoms with E-state index in [4.69, 9.17) is 4.74 Å². The molecule has 5 nitrogen and oxygen atoms in total. The zero-order valence-corrected chi connectivity index (χ0v) is 10.1. The Labute approximate surface area is 101 Å². The van der Waals surface area contributed by atoms with Crippen LogP contribution in [0.1, 0.15) is 11.6 Å². The summed E-state index contributed by atoms with van der Waals surface area (Å²) in [6.07, 6.45) is 0. The van der Waals surface area contributed by atoms with Gasteiger partial charge in [-0.05, 0) is 27.6 Å². The van der Waals surface area contributed by atoms with Gasteiger partial charge in [-0.2, -0.15) is 0 Å². The van der Waals surface area contributed by atoms with E-state index < -0.39 is 4.92 Å². The van der Waals surface area contributed by atoms with E-state index in [2.05, 4.69) is 21.2 Å². The summed E-state index contributed by atoms with van der Waals surface area (Å²) in [5.74, 6) is 0. The molecule has 0 bridgehead atoms. The third kappa shape index (κ3) is 2.40. The smallest absolute Gasteiger partial charge is 0.283 e. The molecule has 1 atom stereocenters. The normalized spacial score (nSPS) is 20.7. The summed E-state index contributed by atoms with van der Waals surface area (Å²) in [4.78, 5) is 10.4. The number of morpholine rings is 1. The van der Waals surface area contributed by atoms with Crippen LogP contribution in [-0.2, 0) is 4.74 Å². The van der Waals surface area contributed by atoms with Gasteiger partial charge < -0.3 is 10.1 Å². The van der Waals surface area contributed by atoms with Crippen molar-refractivity contribution in [3.8, 4) is 0 Å². The highest BCUT2D eigenvalue weighted by atomic mass is 79.9. The maximum absolute atomic E-state index is 10.8. The van der Waals surface area contributed by atoms with E-state index in [-0.39, 0.29) is 11.7 Å². The maximum atomic E-state index is 10.8. The Bertz CT molecular complexity index is 405. The minimum Gasteiger partial charge on any atom is -0.378 e. The van der Waals surface area contributed by atoms with Crippen molar-refractivity contribution >= 4 is 21.6 Å². The number of hydrogen-bond acceptors (Lipinski definition) is 4. The van der Waals surface area contributed by atoms with Crippen LogP contribution in [0.25, 0.3) is 0 Å². The van der Waals surface area contributed by atoms with Gasteiger partial charge in [0.1, 0.15) is 0 Å². The van der Waals surface area contributed by atoms with Gasteiger partial charge in [0.05, 0.1) is 28.7 Å². The molecule has 2 rings (SSSR count). The van der Waals surface area contributed by atoms with Crippen LogP contribution in [0.4, 0.5) is 5.69 Å². The second-order valence-corrected chi connectivity index (χ2v) is 4.40. The molecule has 0 radical (unpaired) electrons. The molecule has 1 fully saturated rings. The molecule has 1 aromatic carbocycles. The third-order valence-electron chi connectivity index (χ3n) is 2.49. The molecule has 0 aromatic heterocycles. The number of rotatable bonds is 2. The van der Waals surface area contributed by atoms with Gasteiger partial charge in [-0.15, -0.1) is 0 Å². The maximum Gasteiger partial charge on any atom is 0.283 e. The molecule has 1 aliphatic heterocycles. The van der Waals surface area contributed by atoms with Crippen LogP contribution in [0.15, 0.2) is 22.7 Å². The predicted octanol–water partition coefficient (Wildman–Crippen LogP) is 2.02. The summed E-state index contributed by atoms with van der Waals surface area (Å²) in [6, 6.07) is 5.18. The highest BCUT2D eigenvalue weighted by Gasteiger charge is 2.19. The van der Waals surface area contributed by atoms with Crippen molar-refractivity contribution in [2.75, 3.05) is 19.8 Å². The number of nitrogens with one attached hydrogen (secondary N) is 1. The first kappa shape index (κ1) is 11.5. The Morgan fingerprint density at radius 3 is 3.00 bits per heavy atom. The lowest BCUT2D eigenvalue weighted by molar-refractivity contribution is -0.385. The van der Waals surface area contributed by atoms with Gasteiger partial charge in [0.2, 0.25) is 0 Å². The Morgan fingerprint density at radius 1 is 1.56 bits per heavy atom. The van der Waals surface area contributed by atoms with E-state index in [1.807, 2.05) is 6.07 Å². The molecule has 0 amide bonds. The highest BCUT2D eigenvalue weighted by molar-refractivity contribution is 9.10. The van der Waals surface area contributed by atoms with E-state index in [1.165, 1.54) is 0 Å². The SMILES string of the molecule is O=[N+]([O-])c1cc([C@H]2COCCN2)ccc1Br. The monoisotopic (exact) mass is 286 g/mol. The number of ether oxygens (including phenoxy) is 1. The quantitative estimate of drug-likeness (QED) is 0.667. The molecule has 0 saturated carbocycles. The first-order chi connectivity index (χ1) is 7.68. The van der Waals surface area contributed by atoms with Crippen LogP contribution in [0.3, 0.4) is 0 Å². The zero-order valence-electron chi connectivity index (χ0n) is 8.48. The Kier molecular flexibility index (Phi) is 3.52. The molecule has 0 aliphatic carbocycles. The third-order valence-corrected chi connectivity index (χ3v) is 3.16. The van der Waals surface area contributed by atoms with Crippen molar-refractivity contribution in [3.05, 3.63) is 38.3 Å². The highest BCUT2D eigenvalue weighted by Crippen LogP contribution is 2.28. The first-order valence-electron chi connectivity index (χ1n) is 4.93. The number of benzene rings is 1. The standard InChI is InChI=1S/C10H11BrN2O3/c11-8-2-1-7(5-10(8)13(14)15)9-6-16-4-3-12-9/h1-2,5,9,12H,3-4,6H2/t9-/m1/s1. The molecule has 16 heavy (non-hydrogen) atoms. The Hall–Kier alpha value is -0.980. The summed E-state index contributed by atoms with van der Waals surface area (Å²) in [5, 5.41) is 14.0. The van der Waals surface area contributed by atoms with Gasteiger partial charge in [-0.25, -0.2) is 0 Å². The van der Waals surface area contributed by atoms with Crippen LogP contribution >= 0.6 is 15.9 Å². The summed E-state index contributed by atoms with van der Waals surface area (Å²) in [5.41, 5.74) is 0.972. The Balaban J connectivity index is 2.27. The lowest BCUT2D eigenvalue weighted by Crippen LogP contribution is -2.34. The van der Waals surface area contributed by atoms with E-state index in [0.29, 0.717) is 17.7 Å². The molecule has 1 aliphatic rings. The number of nitro benzene ring substituents is 1. The van der Waals surface area contributed by atoms with Gasteiger partial charge in [0.15, 0.2) is 0 Å². The fourth-order valence-corrected chi connectivity index (χ4v) is 2.06. The van der Waals surface area contributed by atoms with Crippen molar-refractivity contribution in [1.29, 1.82) is 0 Å². The second-order valence-electron chi connectivity index (χ2n) is 3.55. The summed E-state index contributed by atoms with van der Waals surface area (Å²) in [6.45, 7) is 2.02. The number of hydrogen-bond donors (Lipinski definition) is 1. The molecule has 0 spiro atoms. The van der Waals surface area contributed by atoms with Crippen LogP contribution in [0, 0.1) is 10.1 Å². The van der Waals surface area contributed by atoms with Gasteiger partial charge in [-0.3, -0.25) is 10.1 Å². The van der Waals surface area contributed by atoms with Gasteiger partial charge in [0.25, 0.3) is 5.69 Å². The van der Waals surface area contributed by atoms with Crippen LogP contribution in [0.2, 0.25) is 0 Å². The zero-order chi connectivity index (χ0) is 11.5. The fraction of sp³-hybridized carbons (Fsp3) is 0.400. The second kappa shape index (κ2) is 4.90. The molecule has 1 N–H and O–H groups in total. The molecule has 1 saturated heterocycles. The summed E-state index contributed by atoms with van der Waals surface area (Å²) in [7, 11) is 0. The average Bonchev–Trinajstić information content (AvgIpc) is 2.30. The topological polar surface area (TPSA) is 64.4 Å². The lowest BCUT2D eigenvalue weighted by Gasteiger charge is -2.24. The van der Waals surface area contributed by atoms with E-state index in [9.17, 15) is 10.1 Å². The van der Waals surface area contributed by atoms with E-state index in [1.54, 1.807) is 12.1 Å². The van der Waals surface area contributed by atoms with E-state index >= 15 is 0 Å². The van der Waals surface area contributed by atoms with Gasteiger partial charge >= 0.3 is 0 Å². The van der Waals surface area contributed by atoms with Crippen LogP contribution in [0.5, 0.6) is 0 Å². The minimum atomic E-state index is -0.392. The van der Waals surface area contributed by atoms with Crippen LogP contribution in [-0.4, -0.2) is 24.7 Å². The molecular weight excluding hydrogens is 276 g/mol. The molecule has 1 heterocycles. The molecule has 6 heteroatoms. The van der Waals surface area contributed by atoms with Gasteiger partial charge in [0, 0.05) is 12.6 Å². The summed E-state index contributed by atoms with van der Waals surface area (Å²) < 4.78 is 5.82. The molecule has 86 valence electrons. The Morgan fingerprint density at radius 2 is 2.38 bits per heavy atom. The lowest BCUT2D eigenvalue weighted by atomic mass is 10.1. The fourth-order valence-electron chi connectivity index (χ4n) is 1.67.